The van der Waals surface area contributed by atoms with Crippen LogP contribution in [-0.4, -0.2) is 7.05 Å². The molecule has 0 saturated carbocycles. The maximum absolute atomic E-state index is 13.8. The molecule has 0 bridgehead atoms. The number of anilines is 2. The van der Waals surface area contributed by atoms with E-state index in [-0.39, 0.29) is 11.9 Å². The topological polar surface area (TPSA) is 53.0 Å². The van der Waals surface area contributed by atoms with Crippen LogP contribution in [0.25, 0.3) is 0 Å². The Morgan fingerprint density at radius 2 is 2.00 bits per heavy atom. The monoisotopic (exact) mass is 283 g/mol. The summed E-state index contributed by atoms with van der Waals surface area (Å²) in [5, 5.41) is 9.00. The van der Waals surface area contributed by atoms with Gasteiger partial charge >= 0.3 is 0 Å². The van der Waals surface area contributed by atoms with Gasteiger partial charge in [0.15, 0.2) is 0 Å². The number of nitrogens with zero attached hydrogens (tertiary/aromatic N) is 2. The first-order chi connectivity index (χ1) is 9.93. The lowest BCUT2D eigenvalue weighted by atomic mass is 10.0. The number of halogens is 1. The average molecular weight is 283 g/mol. The SMILES string of the molecule is Cc1cc(N(C)c2cccc(C#N)c2)c([C@H](C)N)cc1F. The maximum atomic E-state index is 13.8. The highest BCUT2D eigenvalue weighted by molar-refractivity contribution is 5.68. The molecule has 0 fully saturated rings. The molecule has 0 aliphatic heterocycles. The van der Waals surface area contributed by atoms with Gasteiger partial charge in [-0.15, -0.1) is 0 Å². The van der Waals surface area contributed by atoms with E-state index in [1.165, 1.54) is 6.07 Å². The molecule has 4 heteroatoms. The fraction of sp³-hybridized carbons (Fsp3) is 0.235. The molecule has 0 spiro atoms. The minimum atomic E-state index is -0.281. The maximum Gasteiger partial charge on any atom is 0.126 e. The zero-order valence-electron chi connectivity index (χ0n) is 12.4. The third-order valence-electron chi connectivity index (χ3n) is 3.52. The van der Waals surface area contributed by atoms with E-state index in [4.69, 9.17) is 11.0 Å². The van der Waals surface area contributed by atoms with Crippen molar-refractivity contribution in [3.8, 4) is 6.07 Å². The summed E-state index contributed by atoms with van der Waals surface area (Å²) >= 11 is 0. The van der Waals surface area contributed by atoms with Gasteiger partial charge in [-0.2, -0.15) is 5.26 Å². The summed E-state index contributed by atoms with van der Waals surface area (Å²) in [6, 6.07) is 12.4. The summed E-state index contributed by atoms with van der Waals surface area (Å²) in [5.74, 6) is -0.259. The Morgan fingerprint density at radius 1 is 1.29 bits per heavy atom. The highest BCUT2D eigenvalue weighted by Gasteiger charge is 2.15. The predicted octanol–water partition coefficient (Wildman–Crippen LogP) is 3.79. The largest absolute Gasteiger partial charge is 0.344 e. The van der Waals surface area contributed by atoms with Crippen molar-refractivity contribution in [3.63, 3.8) is 0 Å². The van der Waals surface area contributed by atoms with Gasteiger partial charge in [-0.1, -0.05) is 6.07 Å². The van der Waals surface area contributed by atoms with Gasteiger partial charge < -0.3 is 10.6 Å². The smallest absolute Gasteiger partial charge is 0.126 e. The fourth-order valence-corrected chi connectivity index (χ4v) is 2.26. The summed E-state index contributed by atoms with van der Waals surface area (Å²) < 4.78 is 13.8. The second kappa shape index (κ2) is 5.94. The molecule has 0 aromatic heterocycles. The summed E-state index contributed by atoms with van der Waals surface area (Å²) in [5.41, 5.74) is 9.56. The summed E-state index contributed by atoms with van der Waals surface area (Å²) in [6.07, 6.45) is 0. The van der Waals surface area contributed by atoms with Gasteiger partial charge in [0.2, 0.25) is 0 Å². The van der Waals surface area contributed by atoms with E-state index in [0.29, 0.717) is 11.1 Å². The summed E-state index contributed by atoms with van der Waals surface area (Å²) in [6.45, 7) is 3.55. The normalized spacial score (nSPS) is 11.8. The van der Waals surface area contributed by atoms with Crippen LogP contribution >= 0.6 is 0 Å². The lowest BCUT2D eigenvalue weighted by Gasteiger charge is -2.25. The van der Waals surface area contributed by atoms with Crippen molar-refractivity contribution in [1.29, 1.82) is 5.26 Å². The molecular weight excluding hydrogens is 265 g/mol. The van der Waals surface area contributed by atoms with Crippen molar-refractivity contribution in [2.45, 2.75) is 19.9 Å². The van der Waals surface area contributed by atoms with E-state index in [9.17, 15) is 4.39 Å². The first kappa shape index (κ1) is 15.0. The number of hydrogen-bond donors (Lipinski definition) is 1. The van der Waals surface area contributed by atoms with Crippen molar-refractivity contribution in [2.75, 3.05) is 11.9 Å². The molecule has 0 heterocycles. The third kappa shape index (κ3) is 3.04. The first-order valence-electron chi connectivity index (χ1n) is 6.73. The predicted molar refractivity (Wildman–Crippen MR) is 83.0 cm³/mol. The molecule has 2 aromatic rings. The Balaban J connectivity index is 2.54. The van der Waals surface area contributed by atoms with Crippen LogP contribution < -0.4 is 10.6 Å². The molecule has 0 amide bonds. The van der Waals surface area contributed by atoms with Crippen molar-refractivity contribution in [3.05, 3.63) is 58.9 Å². The van der Waals surface area contributed by atoms with Crippen LogP contribution in [0.1, 0.15) is 29.7 Å². The van der Waals surface area contributed by atoms with E-state index in [1.807, 2.05) is 31.0 Å². The number of aryl methyl sites for hydroxylation is 1. The van der Waals surface area contributed by atoms with Crippen molar-refractivity contribution < 1.29 is 4.39 Å². The molecule has 3 nitrogen and oxygen atoms in total. The average Bonchev–Trinajstić information content (AvgIpc) is 2.48. The molecule has 0 unspecified atom stereocenters. The Kier molecular flexibility index (Phi) is 4.25. The van der Waals surface area contributed by atoms with E-state index in [1.54, 1.807) is 25.1 Å². The molecule has 0 saturated heterocycles. The van der Waals surface area contributed by atoms with E-state index in [0.717, 1.165) is 16.9 Å². The Hall–Kier alpha value is -2.38. The van der Waals surface area contributed by atoms with Crippen LogP contribution in [0.4, 0.5) is 15.8 Å². The van der Waals surface area contributed by atoms with Gasteiger partial charge in [-0.05, 0) is 55.3 Å². The number of benzene rings is 2. The Labute approximate surface area is 124 Å². The van der Waals surface area contributed by atoms with Crippen LogP contribution in [0.15, 0.2) is 36.4 Å². The lowest BCUT2D eigenvalue weighted by molar-refractivity contribution is 0.613. The third-order valence-corrected chi connectivity index (χ3v) is 3.52. The standard InChI is InChI=1S/C17H18FN3/c1-11-7-17(15(12(2)20)9-16(11)18)21(3)14-6-4-5-13(8-14)10-19/h4-9,12H,20H2,1-3H3/t12-/m0/s1. The molecule has 0 aliphatic carbocycles. The van der Waals surface area contributed by atoms with Gasteiger partial charge in [0.1, 0.15) is 5.82 Å². The molecule has 1 atom stereocenters. The second-order valence-electron chi connectivity index (χ2n) is 5.17. The van der Waals surface area contributed by atoms with Crippen LogP contribution in [0, 0.1) is 24.1 Å². The minimum Gasteiger partial charge on any atom is -0.344 e. The molecule has 2 aromatic carbocycles. The zero-order chi connectivity index (χ0) is 15.6. The number of nitrogens with two attached hydrogens (primary N) is 1. The van der Waals surface area contributed by atoms with E-state index in [2.05, 4.69) is 6.07 Å². The summed E-state index contributed by atoms with van der Waals surface area (Å²) in [4.78, 5) is 1.92. The van der Waals surface area contributed by atoms with Crippen LogP contribution in [-0.2, 0) is 0 Å². The lowest BCUT2D eigenvalue weighted by Crippen LogP contribution is -2.16. The minimum absolute atomic E-state index is 0.259. The molecule has 21 heavy (non-hydrogen) atoms. The molecule has 2 rings (SSSR count). The molecule has 0 radical (unpaired) electrons. The Morgan fingerprint density at radius 3 is 2.62 bits per heavy atom. The van der Waals surface area contributed by atoms with Gasteiger partial charge in [0.25, 0.3) is 0 Å². The molecule has 108 valence electrons. The number of rotatable bonds is 3. The molecular formula is C17H18FN3. The van der Waals surface area contributed by atoms with Crippen LogP contribution in [0.5, 0.6) is 0 Å². The molecule has 2 N–H and O–H groups in total. The highest BCUT2D eigenvalue weighted by Crippen LogP contribution is 2.32. The van der Waals surface area contributed by atoms with Crippen molar-refractivity contribution >= 4 is 11.4 Å². The molecule has 0 aliphatic rings. The number of nitriles is 1. The van der Waals surface area contributed by atoms with Crippen molar-refractivity contribution in [2.24, 2.45) is 5.73 Å². The van der Waals surface area contributed by atoms with Gasteiger partial charge in [-0.3, -0.25) is 0 Å². The van der Waals surface area contributed by atoms with E-state index < -0.39 is 0 Å². The van der Waals surface area contributed by atoms with Gasteiger partial charge in [0.05, 0.1) is 11.6 Å². The van der Waals surface area contributed by atoms with Gasteiger partial charge in [-0.25, -0.2) is 4.39 Å². The Bertz CT molecular complexity index is 702. The quantitative estimate of drug-likeness (QED) is 0.932. The number of hydrogen-bond acceptors (Lipinski definition) is 3. The second-order valence-corrected chi connectivity index (χ2v) is 5.17. The zero-order valence-corrected chi connectivity index (χ0v) is 12.4. The van der Waals surface area contributed by atoms with Crippen molar-refractivity contribution in [1.82, 2.24) is 0 Å². The van der Waals surface area contributed by atoms with Gasteiger partial charge in [0, 0.05) is 24.5 Å². The van der Waals surface area contributed by atoms with Crippen LogP contribution in [0.3, 0.4) is 0 Å². The first-order valence-corrected chi connectivity index (χ1v) is 6.73. The van der Waals surface area contributed by atoms with E-state index >= 15 is 0 Å². The highest BCUT2D eigenvalue weighted by atomic mass is 19.1. The van der Waals surface area contributed by atoms with Crippen LogP contribution in [0.2, 0.25) is 0 Å². The fourth-order valence-electron chi connectivity index (χ4n) is 2.26. The summed E-state index contributed by atoms with van der Waals surface area (Å²) in [7, 11) is 1.88.